The van der Waals surface area contributed by atoms with Crippen molar-refractivity contribution in [3.05, 3.63) is 116 Å². The largest absolute Gasteiger partial charge is 0.152 e. The third-order valence-corrected chi connectivity index (χ3v) is 7.73. The maximum absolute atomic E-state index is 3.81. The van der Waals surface area contributed by atoms with Gasteiger partial charge in [-0.1, -0.05) is 98.1 Å². The summed E-state index contributed by atoms with van der Waals surface area (Å²) in [4.78, 5) is 0. The lowest BCUT2D eigenvalue weighted by Crippen LogP contribution is -1.93. The Morgan fingerprint density at radius 2 is 1.12 bits per heavy atom. The molecule has 0 amide bonds. The Hall–Kier alpha value is -2.46. The minimum atomic E-state index is 1.09. The van der Waals surface area contributed by atoms with Crippen molar-refractivity contribution in [2.24, 2.45) is 0 Å². The van der Waals surface area contributed by atoms with E-state index in [4.69, 9.17) is 0 Å². The van der Waals surface area contributed by atoms with Crippen LogP contribution in [0.2, 0.25) is 0 Å². The van der Waals surface area contributed by atoms with Gasteiger partial charge in [-0.2, -0.15) is 11.3 Å². The molecule has 0 unspecified atom stereocenters. The lowest BCUT2D eigenvalue weighted by molar-refractivity contribution is 1.46. The maximum Gasteiger partial charge on any atom is 0.0253 e. The van der Waals surface area contributed by atoms with Crippen LogP contribution in [-0.2, 0) is 0 Å². The SMILES string of the molecule is Cc1ccc(-c2cc(-c3ccccc3Br)c(-c3ccsc3)c(-c3ccccc3Br)c2)cc1. The lowest BCUT2D eigenvalue weighted by atomic mass is 9.85. The van der Waals surface area contributed by atoms with Crippen molar-refractivity contribution in [1.29, 1.82) is 0 Å². The first kappa shape index (κ1) is 21.4. The summed E-state index contributed by atoms with van der Waals surface area (Å²) in [6, 6.07) is 32.6. The highest BCUT2D eigenvalue weighted by Crippen LogP contribution is 2.46. The van der Waals surface area contributed by atoms with E-state index in [-0.39, 0.29) is 0 Å². The van der Waals surface area contributed by atoms with E-state index in [1.807, 2.05) is 0 Å². The molecule has 0 atom stereocenters. The zero-order valence-corrected chi connectivity index (χ0v) is 21.5. The van der Waals surface area contributed by atoms with Crippen molar-refractivity contribution in [2.75, 3.05) is 0 Å². The Labute approximate surface area is 209 Å². The topological polar surface area (TPSA) is 0 Å². The average molecular weight is 560 g/mol. The van der Waals surface area contributed by atoms with Crippen LogP contribution in [0.4, 0.5) is 0 Å². The molecule has 0 aliphatic rings. The predicted molar refractivity (Wildman–Crippen MR) is 146 cm³/mol. The Bertz CT molecular complexity index is 1320. The molecule has 0 saturated carbocycles. The van der Waals surface area contributed by atoms with Gasteiger partial charge in [0.2, 0.25) is 0 Å². The van der Waals surface area contributed by atoms with E-state index in [1.54, 1.807) is 11.3 Å². The molecule has 5 rings (SSSR count). The number of thiophene rings is 1. The summed E-state index contributed by atoms with van der Waals surface area (Å²) < 4.78 is 2.19. The summed E-state index contributed by atoms with van der Waals surface area (Å²) in [5, 5.41) is 4.39. The summed E-state index contributed by atoms with van der Waals surface area (Å²) in [5.74, 6) is 0. The van der Waals surface area contributed by atoms with Gasteiger partial charge in [0.25, 0.3) is 0 Å². The first-order chi connectivity index (χ1) is 15.6. The number of hydrogen-bond acceptors (Lipinski definition) is 1. The molecule has 0 nitrogen and oxygen atoms in total. The van der Waals surface area contributed by atoms with E-state index in [0.717, 1.165) is 8.95 Å². The Morgan fingerprint density at radius 3 is 1.62 bits per heavy atom. The predicted octanol–water partition coefficient (Wildman–Crippen LogP) is 10.2. The Kier molecular flexibility index (Phi) is 6.14. The standard InChI is InChI=1S/C29H20Br2S/c1-19-10-12-20(13-11-19)22-16-25(23-6-2-4-8-27(23)30)29(21-14-15-32-18-21)26(17-22)24-7-3-5-9-28(24)31/h2-18H,1H3. The summed E-state index contributed by atoms with van der Waals surface area (Å²) in [7, 11) is 0. The Morgan fingerprint density at radius 1 is 0.562 bits per heavy atom. The van der Waals surface area contributed by atoms with Crippen LogP contribution in [0.5, 0.6) is 0 Å². The molecular weight excluding hydrogens is 540 g/mol. The molecule has 0 N–H and O–H groups in total. The lowest BCUT2D eigenvalue weighted by Gasteiger charge is -2.19. The van der Waals surface area contributed by atoms with Crippen molar-refractivity contribution in [3.63, 3.8) is 0 Å². The fraction of sp³-hybridized carbons (Fsp3) is 0.0345. The van der Waals surface area contributed by atoms with Crippen LogP contribution in [0.25, 0.3) is 44.5 Å². The molecule has 5 aromatic rings. The maximum atomic E-state index is 3.81. The fourth-order valence-electron chi connectivity index (χ4n) is 4.06. The van der Waals surface area contributed by atoms with Gasteiger partial charge in [0, 0.05) is 8.95 Å². The van der Waals surface area contributed by atoms with Crippen LogP contribution in [0.1, 0.15) is 5.56 Å². The molecule has 32 heavy (non-hydrogen) atoms. The highest BCUT2D eigenvalue weighted by molar-refractivity contribution is 9.11. The minimum Gasteiger partial charge on any atom is -0.152 e. The van der Waals surface area contributed by atoms with Gasteiger partial charge in [-0.25, -0.2) is 0 Å². The summed E-state index contributed by atoms with van der Waals surface area (Å²) in [6.45, 7) is 2.13. The smallest absolute Gasteiger partial charge is 0.0253 e. The molecule has 1 aromatic heterocycles. The minimum absolute atomic E-state index is 1.09. The molecule has 0 spiro atoms. The van der Waals surface area contributed by atoms with Crippen LogP contribution in [0.3, 0.4) is 0 Å². The second-order valence-electron chi connectivity index (χ2n) is 7.78. The van der Waals surface area contributed by atoms with Crippen LogP contribution in [0.15, 0.2) is 111 Å². The molecule has 4 aromatic carbocycles. The van der Waals surface area contributed by atoms with Gasteiger partial charge in [-0.05, 0) is 92.5 Å². The van der Waals surface area contributed by atoms with Crippen LogP contribution < -0.4 is 0 Å². The van der Waals surface area contributed by atoms with E-state index < -0.39 is 0 Å². The van der Waals surface area contributed by atoms with Gasteiger partial charge >= 0.3 is 0 Å². The molecule has 156 valence electrons. The third-order valence-electron chi connectivity index (χ3n) is 5.66. The van der Waals surface area contributed by atoms with Gasteiger partial charge in [0.1, 0.15) is 0 Å². The first-order valence-corrected chi connectivity index (χ1v) is 12.9. The highest BCUT2D eigenvalue weighted by atomic mass is 79.9. The number of aryl methyl sites for hydroxylation is 1. The molecule has 1 heterocycles. The highest BCUT2D eigenvalue weighted by Gasteiger charge is 2.19. The zero-order valence-electron chi connectivity index (χ0n) is 17.5. The zero-order chi connectivity index (χ0) is 22.1. The van der Waals surface area contributed by atoms with Crippen LogP contribution in [-0.4, -0.2) is 0 Å². The molecular formula is C29H20Br2S. The third kappa shape index (κ3) is 4.13. The van der Waals surface area contributed by atoms with Gasteiger partial charge in [-0.15, -0.1) is 0 Å². The fourth-order valence-corrected chi connectivity index (χ4v) is 5.70. The van der Waals surface area contributed by atoms with Crippen molar-refractivity contribution in [3.8, 4) is 44.5 Å². The molecule has 0 aliphatic heterocycles. The van der Waals surface area contributed by atoms with Gasteiger partial charge in [0.05, 0.1) is 0 Å². The molecule has 0 saturated heterocycles. The summed E-state index contributed by atoms with van der Waals surface area (Å²) >= 11 is 9.35. The average Bonchev–Trinajstić information content (AvgIpc) is 3.34. The number of benzene rings is 4. The summed E-state index contributed by atoms with van der Waals surface area (Å²) in [6.07, 6.45) is 0. The van der Waals surface area contributed by atoms with Crippen molar-refractivity contribution >= 4 is 43.2 Å². The van der Waals surface area contributed by atoms with Crippen molar-refractivity contribution in [2.45, 2.75) is 6.92 Å². The van der Waals surface area contributed by atoms with Crippen molar-refractivity contribution in [1.82, 2.24) is 0 Å². The second kappa shape index (κ2) is 9.19. The van der Waals surface area contributed by atoms with E-state index >= 15 is 0 Å². The van der Waals surface area contributed by atoms with Gasteiger partial charge in [0.15, 0.2) is 0 Å². The van der Waals surface area contributed by atoms with Crippen LogP contribution >= 0.6 is 43.2 Å². The normalized spacial score (nSPS) is 11.0. The van der Waals surface area contributed by atoms with E-state index in [9.17, 15) is 0 Å². The first-order valence-electron chi connectivity index (χ1n) is 10.4. The quantitative estimate of drug-likeness (QED) is 0.205. The molecule has 0 radical (unpaired) electrons. The number of rotatable bonds is 4. The van der Waals surface area contributed by atoms with Crippen LogP contribution in [0, 0.1) is 6.92 Å². The number of halogens is 2. The second-order valence-corrected chi connectivity index (χ2v) is 10.3. The monoisotopic (exact) mass is 558 g/mol. The van der Waals surface area contributed by atoms with Gasteiger partial charge in [-0.3, -0.25) is 0 Å². The van der Waals surface area contributed by atoms with E-state index in [2.05, 4.69) is 141 Å². The van der Waals surface area contributed by atoms with E-state index in [1.165, 1.54) is 50.1 Å². The molecule has 0 aliphatic carbocycles. The van der Waals surface area contributed by atoms with Gasteiger partial charge < -0.3 is 0 Å². The summed E-state index contributed by atoms with van der Waals surface area (Å²) in [5.41, 5.74) is 11.0. The molecule has 0 fully saturated rings. The Balaban J connectivity index is 1.90. The van der Waals surface area contributed by atoms with Crippen molar-refractivity contribution < 1.29 is 0 Å². The number of hydrogen-bond donors (Lipinski definition) is 0. The molecule has 3 heteroatoms. The van der Waals surface area contributed by atoms with E-state index in [0.29, 0.717) is 0 Å². The molecule has 0 bridgehead atoms.